The molecule has 2 aliphatic heterocycles. The fraction of sp³-hybridized carbons (Fsp3) is 0.0500. The van der Waals surface area contributed by atoms with Crippen LogP contribution in [0.15, 0.2) is 12.1 Å². The van der Waals surface area contributed by atoms with Crippen molar-refractivity contribution in [2.75, 3.05) is 0 Å². The SMILES string of the molecule is O=C1OC2(c3cc(I)c([O-])c(I)c3Oc3c2cc(I)c([O-])c3I)c2c(Cl)c(Cl)c(Cl)c(Cl)c21.[Na+].[Na+].[O]=[Fe].[O]=[Fe][O][Fe]=[O]. The number of hydrogen-bond donors (Lipinski definition) is 0. The molecular formula is C20H2Cl4Fe3I4Na2O9. The molecule has 0 unspecified atom stereocenters. The van der Waals surface area contributed by atoms with Gasteiger partial charge < -0.3 is 19.7 Å². The average molecular weight is 1250 g/mol. The van der Waals surface area contributed by atoms with Gasteiger partial charge in [0.15, 0.2) is 5.60 Å². The third-order valence-corrected chi connectivity index (χ3v) is 11.4. The standard InChI is InChI=1S/C20H4Cl4I4O5.3Fe.2Na.4O/c21-9-7-8(10(22)12(24)11(9)23)20(33-19(7)31)3-1-5(25)15(29)13(27)17(3)32-18-4(20)2-6(26)16(30)14(18)28;;;;;;;;;/h1-2,29-30H;;;;;;;;;/q;;;;2*+1;;;;/p-2. The molecular weight excluding hydrogens is 1250 g/mol. The zero-order valence-electron chi connectivity index (χ0n) is 19.9. The van der Waals surface area contributed by atoms with Gasteiger partial charge >= 0.3 is 126 Å². The van der Waals surface area contributed by atoms with E-state index in [2.05, 4.69) is 2.90 Å². The van der Waals surface area contributed by atoms with Gasteiger partial charge in [-0.3, -0.25) is 0 Å². The summed E-state index contributed by atoms with van der Waals surface area (Å²) in [6.07, 6.45) is 0. The second-order valence-electron chi connectivity index (χ2n) is 7.10. The van der Waals surface area contributed by atoms with Crippen LogP contribution >= 0.6 is 137 Å². The molecule has 0 bridgehead atoms. The van der Waals surface area contributed by atoms with E-state index in [9.17, 15) is 15.0 Å². The third kappa shape index (κ3) is 7.79. The summed E-state index contributed by atoms with van der Waals surface area (Å²) in [5, 5.41) is 25.2. The van der Waals surface area contributed by atoms with Crippen molar-refractivity contribution in [2.45, 2.75) is 5.60 Å². The van der Waals surface area contributed by atoms with E-state index in [1.54, 1.807) is 12.1 Å². The third-order valence-electron chi connectivity index (χ3n) is 5.34. The monoisotopic (exact) mass is 1250 g/mol. The first-order valence-electron chi connectivity index (χ1n) is 9.32. The zero-order chi connectivity index (χ0) is 30.3. The number of esters is 1. The van der Waals surface area contributed by atoms with E-state index >= 15 is 0 Å². The van der Waals surface area contributed by atoms with Gasteiger partial charge in [-0.2, -0.15) is 0 Å². The number of benzene rings is 3. The Balaban J connectivity index is 0.000000891. The van der Waals surface area contributed by atoms with E-state index in [1.165, 1.54) is 0 Å². The summed E-state index contributed by atoms with van der Waals surface area (Å²) in [6, 6.07) is 3.15. The first-order valence-corrected chi connectivity index (χ1v) is 17.4. The number of carbonyl (C=O) groups excluding carboxylic acids is 1. The topological polar surface area (TPSA) is 142 Å². The van der Waals surface area contributed by atoms with Gasteiger partial charge in [0, 0.05) is 31.0 Å². The van der Waals surface area contributed by atoms with Crippen LogP contribution in [-0.4, -0.2) is 5.97 Å². The van der Waals surface area contributed by atoms with Gasteiger partial charge in [0.2, 0.25) is 0 Å². The number of hydrogen-bond acceptors (Lipinski definition) is 9. The molecule has 5 rings (SSSR count). The van der Waals surface area contributed by atoms with Crippen molar-refractivity contribution < 1.29 is 144 Å². The summed E-state index contributed by atoms with van der Waals surface area (Å²) < 4.78 is 43.4. The van der Waals surface area contributed by atoms with Crippen molar-refractivity contribution in [3.63, 3.8) is 0 Å². The molecule has 0 N–H and O–H groups in total. The molecule has 2 aliphatic rings. The van der Waals surface area contributed by atoms with Crippen molar-refractivity contribution >= 4 is 143 Å². The van der Waals surface area contributed by atoms with Gasteiger partial charge in [-0.1, -0.05) is 57.9 Å². The minimum absolute atomic E-state index is 0. The molecule has 3 aromatic carbocycles. The Kier molecular flexibility index (Phi) is 19.2. The molecule has 22 heteroatoms. The quantitative estimate of drug-likeness (QED) is 0.121. The molecule has 0 aromatic heterocycles. The summed E-state index contributed by atoms with van der Waals surface area (Å²) in [7, 11) is 0. The van der Waals surface area contributed by atoms with E-state index in [1.807, 2.05) is 106 Å². The maximum atomic E-state index is 13.2. The molecule has 0 amide bonds. The number of ether oxygens (including phenoxy) is 2. The fourth-order valence-corrected chi connectivity index (χ4v) is 8.70. The molecule has 42 heavy (non-hydrogen) atoms. The van der Waals surface area contributed by atoms with E-state index in [0.717, 1.165) is 0 Å². The second-order valence-corrected chi connectivity index (χ2v) is 14.3. The van der Waals surface area contributed by atoms with Crippen molar-refractivity contribution in [3.8, 4) is 23.0 Å². The Bertz CT molecular complexity index is 1560. The van der Waals surface area contributed by atoms with Gasteiger partial charge in [-0.05, 0) is 102 Å². The molecule has 0 saturated carbocycles. The van der Waals surface area contributed by atoms with Crippen LogP contribution in [0.25, 0.3) is 0 Å². The van der Waals surface area contributed by atoms with Crippen molar-refractivity contribution in [1.82, 2.24) is 0 Å². The zero-order valence-corrected chi connectivity index (χ0v) is 38.9. The number of halogens is 8. The number of fused-ring (bicyclic) bond motifs is 6. The predicted molar refractivity (Wildman–Crippen MR) is 158 cm³/mol. The normalized spacial score (nSPS) is 12.9. The molecule has 3 aromatic rings. The fourth-order valence-electron chi connectivity index (χ4n) is 3.92. The number of carbonyl (C=O) groups is 1. The van der Waals surface area contributed by atoms with Gasteiger partial charge in [0.25, 0.3) is 0 Å². The first kappa shape index (κ1) is 43.6. The molecule has 9 nitrogen and oxygen atoms in total. The summed E-state index contributed by atoms with van der Waals surface area (Å²) in [5.41, 5.74) is -0.822. The van der Waals surface area contributed by atoms with E-state index < -0.39 is 42.0 Å². The van der Waals surface area contributed by atoms with Crippen molar-refractivity contribution in [2.24, 2.45) is 0 Å². The molecule has 0 aliphatic carbocycles. The van der Waals surface area contributed by atoms with Crippen molar-refractivity contribution in [3.05, 3.63) is 68.8 Å². The Labute approximate surface area is 377 Å². The van der Waals surface area contributed by atoms with Crippen LogP contribution in [0.4, 0.5) is 0 Å². The van der Waals surface area contributed by atoms with Gasteiger partial charge in [0.1, 0.15) is 11.5 Å². The summed E-state index contributed by atoms with van der Waals surface area (Å²) in [6.45, 7) is 0. The summed E-state index contributed by atoms with van der Waals surface area (Å²) in [5.74, 6) is -0.989. The molecule has 0 atom stereocenters. The van der Waals surface area contributed by atoms with Crippen LogP contribution in [-0.2, 0) is 71.1 Å². The van der Waals surface area contributed by atoms with Crippen molar-refractivity contribution in [1.29, 1.82) is 0 Å². The number of rotatable bonds is 2. The van der Waals surface area contributed by atoms with Gasteiger partial charge in [-0.15, -0.1) is 0 Å². The summed E-state index contributed by atoms with van der Waals surface area (Å²) >= 11 is 33.8. The average Bonchev–Trinajstić information content (AvgIpc) is 3.25. The molecule has 1 spiro atoms. The predicted octanol–water partition coefficient (Wildman–Crippen LogP) is 1.01. The van der Waals surface area contributed by atoms with Gasteiger partial charge in [0.05, 0.1) is 25.7 Å². The molecule has 0 saturated heterocycles. The van der Waals surface area contributed by atoms with Gasteiger partial charge in [-0.25, -0.2) is 4.79 Å². The Hall–Kier alpha value is 3.53. The second kappa shape index (κ2) is 18.5. The van der Waals surface area contributed by atoms with Crippen LogP contribution in [0, 0.1) is 14.3 Å². The summed E-state index contributed by atoms with van der Waals surface area (Å²) in [4.78, 5) is 13.2. The van der Waals surface area contributed by atoms with E-state index in [0.29, 0.717) is 18.3 Å². The van der Waals surface area contributed by atoms with Crippen LogP contribution < -0.4 is 74.1 Å². The van der Waals surface area contributed by atoms with E-state index in [-0.39, 0.29) is 120 Å². The Morgan fingerprint density at radius 3 is 1.57 bits per heavy atom. The van der Waals surface area contributed by atoms with Crippen LogP contribution in [0.1, 0.15) is 27.0 Å². The van der Waals surface area contributed by atoms with Crippen LogP contribution in [0.5, 0.6) is 23.0 Å². The van der Waals surface area contributed by atoms with E-state index in [4.69, 9.17) is 67.4 Å². The minimum atomic E-state index is -1.68. The first-order chi connectivity index (χ1) is 18.8. The molecule has 0 radical (unpaired) electrons. The maximum absolute atomic E-state index is 13.2. The van der Waals surface area contributed by atoms with Crippen LogP contribution in [0.3, 0.4) is 0 Å². The van der Waals surface area contributed by atoms with Crippen LogP contribution in [0.2, 0.25) is 20.1 Å². The molecule has 2 heterocycles. The molecule has 0 fully saturated rings. The molecule has 218 valence electrons. The Morgan fingerprint density at radius 1 is 0.786 bits per heavy atom. The Morgan fingerprint density at radius 2 is 1.19 bits per heavy atom.